The zero-order valence-electron chi connectivity index (χ0n) is 17.0. The summed E-state index contributed by atoms with van der Waals surface area (Å²) in [5.41, 5.74) is 1.25. The number of amides is 1. The van der Waals surface area contributed by atoms with Gasteiger partial charge in [0.25, 0.3) is 5.91 Å². The number of nitrogens with zero attached hydrogens (tertiary/aromatic N) is 2. The second-order valence-electron chi connectivity index (χ2n) is 7.95. The molecule has 0 atom stereocenters. The third kappa shape index (κ3) is 5.33. The van der Waals surface area contributed by atoms with Crippen molar-refractivity contribution < 1.29 is 13.2 Å². The Labute approximate surface area is 169 Å². The molecule has 0 radical (unpaired) electrons. The minimum absolute atomic E-state index is 0.188. The van der Waals surface area contributed by atoms with Crippen molar-refractivity contribution in [2.45, 2.75) is 56.8 Å². The third-order valence-electron chi connectivity index (χ3n) is 5.79. The van der Waals surface area contributed by atoms with E-state index in [4.69, 9.17) is 0 Å². The highest BCUT2D eigenvalue weighted by atomic mass is 32.2. The molecular weight excluding hydrogens is 374 g/mol. The molecule has 2 aliphatic rings. The Hall–Kier alpha value is -1.44. The van der Waals surface area contributed by atoms with Gasteiger partial charge in [0.15, 0.2) is 0 Å². The number of hydrogen-bond donors (Lipinski definition) is 1. The van der Waals surface area contributed by atoms with Crippen LogP contribution in [0.25, 0.3) is 0 Å². The van der Waals surface area contributed by atoms with Crippen molar-refractivity contribution in [3.05, 3.63) is 29.3 Å². The molecule has 0 aromatic heterocycles. The third-order valence-corrected chi connectivity index (χ3v) is 7.69. The molecule has 0 saturated carbocycles. The summed E-state index contributed by atoms with van der Waals surface area (Å²) in [5, 5.41) is 2.97. The second kappa shape index (κ2) is 9.85. The molecule has 0 bridgehead atoms. The molecule has 2 fully saturated rings. The van der Waals surface area contributed by atoms with E-state index in [0.29, 0.717) is 25.2 Å². The maximum absolute atomic E-state index is 12.8. The van der Waals surface area contributed by atoms with Crippen molar-refractivity contribution >= 4 is 15.9 Å². The molecule has 0 unspecified atom stereocenters. The van der Waals surface area contributed by atoms with E-state index in [1.165, 1.54) is 36.1 Å². The quantitative estimate of drug-likeness (QED) is 0.706. The van der Waals surface area contributed by atoms with Crippen LogP contribution in [0, 0.1) is 6.92 Å². The first kappa shape index (κ1) is 21.3. The van der Waals surface area contributed by atoms with Gasteiger partial charge in [-0.3, -0.25) is 4.79 Å². The number of carbonyl (C=O) groups is 1. The first-order valence-electron chi connectivity index (χ1n) is 10.6. The van der Waals surface area contributed by atoms with Gasteiger partial charge in [0, 0.05) is 25.2 Å². The van der Waals surface area contributed by atoms with Gasteiger partial charge >= 0.3 is 0 Å². The minimum Gasteiger partial charge on any atom is -0.352 e. The van der Waals surface area contributed by atoms with Gasteiger partial charge in [-0.05, 0) is 76.4 Å². The van der Waals surface area contributed by atoms with Gasteiger partial charge < -0.3 is 10.2 Å². The van der Waals surface area contributed by atoms with Crippen LogP contribution in [0.1, 0.15) is 60.9 Å². The van der Waals surface area contributed by atoms with Crippen molar-refractivity contribution in [2.24, 2.45) is 0 Å². The highest BCUT2D eigenvalue weighted by Crippen LogP contribution is 2.23. The smallest absolute Gasteiger partial charge is 0.251 e. The number of nitrogens with one attached hydrogen (secondary N) is 1. The second-order valence-corrected chi connectivity index (χ2v) is 9.89. The zero-order valence-corrected chi connectivity index (χ0v) is 17.8. The molecule has 1 amide bonds. The number of rotatable bonds is 7. The lowest BCUT2D eigenvalue weighted by molar-refractivity contribution is 0.0951. The highest BCUT2D eigenvalue weighted by Gasteiger charge is 2.28. The van der Waals surface area contributed by atoms with E-state index in [0.717, 1.165) is 44.5 Å². The Balaban J connectivity index is 1.57. The van der Waals surface area contributed by atoms with E-state index in [1.54, 1.807) is 12.1 Å². The maximum Gasteiger partial charge on any atom is 0.251 e. The predicted molar refractivity (Wildman–Crippen MR) is 111 cm³/mol. The lowest BCUT2D eigenvalue weighted by Crippen LogP contribution is -2.31. The Morgan fingerprint density at radius 3 is 2.32 bits per heavy atom. The Morgan fingerprint density at radius 1 is 1.00 bits per heavy atom. The molecule has 2 aliphatic heterocycles. The van der Waals surface area contributed by atoms with Gasteiger partial charge in [-0.25, -0.2) is 8.42 Å². The maximum atomic E-state index is 12.8. The fraction of sp³-hybridized carbons (Fsp3) is 0.667. The van der Waals surface area contributed by atoms with Crippen LogP contribution in [-0.2, 0) is 10.0 Å². The Kier molecular flexibility index (Phi) is 7.48. The average Bonchev–Trinajstić information content (AvgIpc) is 3.11. The van der Waals surface area contributed by atoms with Gasteiger partial charge in [0.1, 0.15) is 0 Å². The van der Waals surface area contributed by atoms with Crippen molar-refractivity contribution in [1.82, 2.24) is 14.5 Å². The normalized spacial score (nSPS) is 19.5. The summed E-state index contributed by atoms with van der Waals surface area (Å²) in [6.07, 6.45) is 7.89. The molecule has 1 N–H and O–H groups in total. The van der Waals surface area contributed by atoms with Crippen molar-refractivity contribution in [1.29, 1.82) is 0 Å². The summed E-state index contributed by atoms with van der Waals surface area (Å²) < 4.78 is 27.1. The van der Waals surface area contributed by atoms with Gasteiger partial charge in [0.05, 0.1) is 4.90 Å². The van der Waals surface area contributed by atoms with Crippen LogP contribution < -0.4 is 5.32 Å². The first-order valence-corrected chi connectivity index (χ1v) is 12.0. The summed E-state index contributed by atoms with van der Waals surface area (Å²) in [7, 11) is -3.51. The summed E-state index contributed by atoms with van der Waals surface area (Å²) in [5.74, 6) is -0.188. The van der Waals surface area contributed by atoms with E-state index in [1.807, 2.05) is 6.92 Å². The van der Waals surface area contributed by atoms with E-state index in [2.05, 4.69) is 10.2 Å². The molecule has 2 heterocycles. The van der Waals surface area contributed by atoms with Crippen molar-refractivity contribution in [3.8, 4) is 0 Å². The van der Waals surface area contributed by atoms with E-state index >= 15 is 0 Å². The van der Waals surface area contributed by atoms with Crippen LogP contribution in [0.4, 0.5) is 0 Å². The van der Waals surface area contributed by atoms with Crippen molar-refractivity contribution in [2.75, 3.05) is 39.3 Å². The number of benzene rings is 1. The fourth-order valence-corrected chi connectivity index (χ4v) is 5.59. The lowest BCUT2D eigenvalue weighted by atomic mass is 10.1. The minimum atomic E-state index is -3.51. The Morgan fingerprint density at radius 2 is 1.64 bits per heavy atom. The largest absolute Gasteiger partial charge is 0.352 e. The molecule has 156 valence electrons. The van der Waals surface area contributed by atoms with Gasteiger partial charge in [-0.2, -0.15) is 4.31 Å². The number of likely N-dealkylation sites (tertiary alicyclic amines) is 1. The van der Waals surface area contributed by atoms with E-state index < -0.39 is 10.0 Å². The highest BCUT2D eigenvalue weighted by molar-refractivity contribution is 7.89. The molecule has 2 saturated heterocycles. The number of hydrogen-bond acceptors (Lipinski definition) is 4. The van der Waals surface area contributed by atoms with Gasteiger partial charge in [0.2, 0.25) is 10.0 Å². The summed E-state index contributed by atoms with van der Waals surface area (Å²) in [4.78, 5) is 15.3. The monoisotopic (exact) mass is 407 g/mol. The predicted octanol–water partition coefficient (Wildman–Crippen LogP) is 2.78. The summed E-state index contributed by atoms with van der Waals surface area (Å²) in [6, 6.07) is 4.88. The number of sulfonamides is 1. The van der Waals surface area contributed by atoms with Crippen LogP contribution >= 0.6 is 0 Å². The molecule has 28 heavy (non-hydrogen) atoms. The molecule has 1 aromatic rings. The number of carbonyl (C=O) groups excluding carboxylic acids is 1. The standard InChI is InChI=1S/C21H33N3O3S/c1-18-9-10-19(28(26,27)24-15-6-7-16-24)17-20(18)21(25)22-11-8-14-23-12-4-2-3-5-13-23/h9-10,17H,2-8,11-16H2,1H3,(H,22,25). The summed E-state index contributed by atoms with van der Waals surface area (Å²) >= 11 is 0. The van der Waals surface area contributed by atoms with Crippen LogP contribution in [0.5, 0.6) is 0 Å². The lowest BCUT2D eigenvalue weighted by Gasteiger charge is -2.19. The van der Waals surface area contributed by atoms with Crippen LogP contribution in [0.2, 0.25) is 0 Å². The van der Waals surface area contributed by atoms with E-state index in [9.17, 15) is 13.2 Å². The van der Waals surface area contributed by atoms with Crippen LogP contribution in [0.3, 0.4) is 0 Å². The molecule has 0 spiro atoms. The molecule has 7 heteroatoms. The molecule has 0 aliphatic carbocycles. The zero-order chi connectivity index (χ0) is 20.0. The molecule has 3 rings (SSSR count). The summed E-state index contributed by atoms with van der Waals surface area (Å²) in [6.45, 7) is 6.90. The fourth-order valence-electron chi connectivity index (χ4n) is 4.04. The first-order chi connectivity index (χ1) is 13.5. The van der Waals surface area contributed by atoms with Crippen LogP contribution in [0.15, 0.2) is 23.1 Å². The van der Waals surface area contributed by atoms with Crippen molar-refractivity contribution in [3.63, 3.8) is 0 Å². The van der Waals surface area contributed by atoms with E-state index in [-0.39, 0.29) is 10.8 Å². The van der Waals surface area contributed by atoms with Crippen LogP contribution in [-0.4, -0.2) is 62.8 Å². The topological polar surface area (TPSA) is 69.7 Å². The Bertz CT molecular complexity index is 765. The van der Waals surface area contributed by atoms with Gasteiger partial charge in [-0.15, -0.1) is 0 Å². The SMILES string of the molecule is Cc1ccc(S(=O)(=O)N2CCCC2)cc1C(=O)NCCCN1CCCCCC1. The molecule has 1 aromatic carbocycles. The number of aryl methyl sites for hydroxylation is 1. The molecular formula is C21H33N3O3S. The van der Waals surface area contributed by atoms with Gasteiger partial charge in [-0.1, -0.05) is 18.9 Å². The molecule has 6 nitrogen and oxygen atoms in total. The average molecular weight is 408 g/mol.